The Hall–Kier alpha value is -0.370. The zero-order valence-corrected chi connectivity index (χ0v) is 3.42. The second-order valence-corrected chi connectivity index (χ2v) is 0.926. The number of carbonyl (C=O) groups is 1. The molecule has 0 aliphatic rings. The lowest BCUT2D eigenvalue weighted by Gasteiger charge is -1.59. The van der Waals surface area contributed by atoms with Crippen LogP contribution in [0.4, 0.5) is 0 Å². The molecule has 0 N–H and O–H groups in total. The van der Waals surface area contributed by atoms with Crippen molar-refractivity contribution in [2.24, 2.45) is 0 Å². The molecule has 5 heavy (non-hydrogen) atoms. The highest BCUT2D eigenvalue weighted by atomic mass is 32.1. The summed E-state index contributed by atoms with van der Waals surface area (Å²) in [4.78, 5) is 9.51. The van der Waals surface area contributed by atoms with Gasteiger partial charge in [0, 0.05) is 0 Å². The van der Waals surface area contributed by atoms with E-state index in [1.165, 1.54) is 0 Å². The zero-order valence-electron chi connectivity index (χ0n) is 2.60. The first-order valence-electron chi connectivity index (χ1n) is 1.11. The van der Waals surface area contributed by atoms with Gasteiger partial charge < -0.3 is 0 Å². The minimum absolute atomic E-state index is 0.398. The lowest BCUT2D eigenvalue weighted by atomic mass is 10.7. The Morgan fingerprint density at radius 1 is 2.00 bits per heavy atom. The fourth-order valence-electron chi connectivity index (χ4n) is 0. The topological polar surface area (TPSA) is 17.1 Å². The molecule has 0 spiro atoms. The summed E-state index contributed by atoms with van der Waals surface area (Å²) in [5.74, 6) is 0. The molecular formula is C3H3OS. The maximum Gasteiger partial charge on any atom is 0.241 e. The fraction of sp³-hybridized carbons (Fsp3) is 0. The maximum absolute atomic E-state index is 9.51. The Kier molecular flexibility index (Phi) is 1.76. The fourth-order valence-corrected chi connectivity index (χ4v) is 0. The van der Waals surface area contributed by atoms with E-state index in [4.69, 9.17) is 0 Å². The third-order valence-electron chi connectivity index (χ3n) is 0.167. The van der Waals surface area contributed by atoms with Crippen LogP contribution in [0.3, 0.4) is 0 Å². The largest absolute Gasteiger partial charge is 0.277 e. The van der Waals surface area contributed by atoms with Crippen molar-refractivity contribution in [3.8, 4) is 0 Å². The molecule has 0 aliphatic heterocycles. The molecule has 0 heterocycles. The Balaban J connectivity index is 3.20. The monoisotopic (exact) mass is 87.0 g/mol. The van der Waals surface area contributed by atoms with E-state index < -0.39 is 5.12 Å². The van der Waals surface area contributed by atoms with Crippen LogP contribution in [-0.2, 0) is 4.79 Å². The smallest absolute Gasteiger partial charge is 0.241 e. The van der Waals surface area contributed by atoms with Gasteiger partial charge in [-0.15, -0.1) is 0 Å². The zero-order chi connectivity index (χ0) is 4.28. The first-order chi connectivity index (χ1) is 2.27. The molecular weight excluding hydrogens is 84.1 g/mol. The van der Waals surface area contributed by atoms with Gasteiger partial charge in [0.2, 0.25) is 5.12 Å². The van der Waals surface area contributed by atoms with E-state index in [-0.39, 0.29) is 0 Å². The van der Waals surface area contributed by atoms with Crippen LogP contribution in [0.25, 0.3) is 0 Å². The molecule has 0 unspecified atom stereocenters. The van der Waals surface area contributed by atoms with Crippen molar-refractivity contribution in [1.82, 2.24) is 0 Å². The van der Waals surface area contributed by atoms with Crippen molar-refractivity contribution in [1.29, 1.82) is 0 Å². The molecule has 0 bridgehead atoms. The van der Waals surface area contributed by atoms with Gasteiger partial charge in [-0.3, -0.25) is 4.79 Å². The van der Waals surface area contributed by atoms with Gasteiger partial charge in [-0.2, -0.15) is 0 Å². The molecule has 0 aromatic heterocycles. The molecule has 1 radical (unpaired) electrons. The molecule has 0 atom stereocenters. The van der Waals surface area contributed by atoms with Crippen LogP contribution in [0, 0.1) is 0 Å². The Labute approximate surface area is 36.1 Å². The van der Waals surface area contributed by atoms with E-state index in [0.29, 0.717) is 0 Å². The highest BCUT2D eigenvalue weighted by Crippen LogP contribution is 1.72. The normalized spacial score (nSPS) is 6.40. The van der Waals surface area contributed by atoms with E-state index in [0.717, 1.165) is 6.08 Å². The number of carbonyl (C=O) groups excluding carboxylic acids is 1. The molecule has 0 aromatic carbocycles. The van der Waals surface area contributed by atoms with Crippen LogP contribution >= 0.6 is 12.6 Å². The van der Waals surface area contributed by atoms with E-state index in [1.807, 2.05) is 0 Å². The predicted octanol–water partition coefficient (Wildman–Crippen LogP) is 0.896. The van der Waals surface area contributed by atoms with Crippen molar-refractivity contribution in [2.75, 3.05) is 0 Å². The molecule has 1 nitrogen and oxygen atoms in total. The predicted molar refractivity (Wildman–Crippen MR) is 22.8 cm³/mol. The van der Waals surface area contributed by atoms with Crippen LogP contribution in [-0.4, -0.2) is 5.12 Å². The summed E-state index contributed by atoms with van der Waals surface area (Å²) in [5, 5.41) is -0.398. The molecule has 0 amide bonds. The summed E-state index contributed by atoms with van der Waals surface area (Å²) in [6.45, 7) is 3.11. The Morgan fingerprint density at radius 2 is 2.20 bits per heavy atom. The summed E-state index contributed by atoms with van der Waals surface area (Å²) in [5.41, 5.74) is 0. The van der Waals surface area contributed by atoms with Crippen molar-refractivity contribution in [3.63, 3.8) is 0 Å². The van der Waals surface area contributed by atoms with Crippen LogP contribution < -0.4 is 0 Å². The number of hydrogen-bond acceptors (Lipinski definition) is 1. The lowest BCUT2D eigenvalue weighted by Crippen LogP contribution is -1.68. The molecule has 27 valence electrons. The Morgan fingerprint density at radius 3 is 2.20 bits per heavy atom. The minimum atomic E-state index is -0.398. The number of rotatable bonds is 1. The third kappa shape index (κ3) is 3.63. The van der Waals surface area contributed by atoms with Crippen LogP contribution in [0.1, 0.15) is 0 Å². The number of hydrogen-bond donors (Lipinski definition) is 0. The van der Waals surface area contributed by atoms with E-state index >= 15 is 0 Å². The first-order valence-corrected chi connectivity index (χ1v) is 1.51. The second-order valence-electron chi connectivity index (χ2n) is 0.523. The van der Waals surface area contributed by atoms with Gasteiger partial charge in [-0.05, 0) is 18.7 Å². The minimum Gasteiger partial charge on any atom is -0.277 e. The molecule has 0 fully saturated rings. The molecule has 0 rings (SSSR count). The highest BCUT2D eigenvalue weighted by Gasteiger charge is 1.74. The highest BCUT2D eigenvalue weighted by molar-refractivity contribution is 7.97. The Bertz CT molecular complexity index is 57.9. The SMILES string of the molecule is C=CC(=O)[S]. The second kappa shape index (κ2) is 1.91. The van der Waals surface area contributed by atoms with Crippen molar-refractivity contribution in [3.05, 3.63) is 12.7 Å². The van der Waals surface area contributed by atoms with Crippen LogP contribution in [0.5, 0.6) is 0 Å². The summed E-state index contributed by atoms with van der Waals surface area (Å²) < 4.78 is 0. The van der Waals surface area contributed by atoms with Crippen LogP contribution in [0.15, 0.2) is 12.7 Å². The van der Waals surface area contributed by atoms with E-state index in [2.05, 4.69) is 19.2 Å². The van der Waals surface area contributed by atoms with E-state index in [1.54, 1.807) is 0 Å². The lowest BCUT2D eigenvalue weighted by molar-refractivity contribution is -0.106. The van der Waals surface area contributed by atoms with Gasteiger partial charge in [0.15, 0.2) is 0 Å². The van der Waals surface area contributed by atoms with E-state index in [9.17, 15) is 4.79 Å². The molecule has 0 saturated carbocycles. The first kappa shape index (κ1) is 4.63. The third-order valence-corrected chi connectivity index (χ3v) is 0.333. The average molecular weight is 87.1 g/mol. The summed E-state index contributed by atoms with van der Waals surface area (Å²) in [6, 6.07) is 0. The average Bonchev–Trinajstić information content (AvgIpc) is 1.38. The summed E-state index contributed by atoms with van der Waals surface area (Å²) in [7, 11) is 0. The van der Waals surface area contributed by atoms with Crippen molar-refractivity contribution < 1.29 is 4.79 Å². The van der Waals surface area contributed by atoms with Crippen molar-refractivity contribution in [2.45, 2.75) is 0 Å². The van der Waals surface area contributed by atoms with Gasteiger partial charge in [-0.1, -0.05) is 6.58 Å². The van der Waals surface area contributed by atoms with Crippen molar-refractivity contribution >= 4 is 17.7 Å². The van der Waals surface area contributed by atoms with Gasteiger partial charge in [0.05, 0.1) is 0 Å². The van der Waals surface area contributed by atoms with Crippen LogP contribution in [0.2, 0.25) is 0 Å². The summed E-state index contributed by atoms with van der Waals surface area (Å²) >= 11 is 4.02. The van der Waals surface area contributed by atoms with Gasteiger partial charge >= 0.3 is 0 Å². The molecule has 0 saturated heterocycles. The van der Waals surface area contributed by atoms with Gasteiger partial charge in [-0.25, -0.2) is 0 Å². The summed E-state index contributed by atoms with van der Waals surface area (Å²) in [6.07, 6.45) is 1.09. The molecule has 0 aliphatic carbocycles. The standard InChI is InChI=1S/C3H3OS/c1-2-3(4)5/h2H,1H2. The maximum atomic E-state index is 9.51. The molecule has 0 aromatic rings. The van der Waals surface area contributed by atoms with Gasteiger partial charge in [0.1, 0.15) is 0 Å². The molecule has 2 heteroatoms. The van der Waals surface area contributed by atoms with Gasteiger partial charge in [0.25, 0.3) is 0 Å². The quantitative estimate of drug-likeness (QED) is 0.434.